The fraction of sp³-hybridized carbons (Fsp3) is 0.700. The number of hydrogen-bond donors (Lipinski definition) is 1. The smallest absolute Gasteiger partial charge is 0.408 e. The molecule has 8 heteroatoms. The minimum Gasteiger partial charge on any atom is -0.465 e. The van der Waals surface area contributed by atoms with E-state index in [9.17, 15) is 23.2 Å². The average Bonchev–Trinajstić information content (AvgIpc) is 2.80. The number of Topliss-reactive ketones (excluding diaryl/α,β-unsaturated/α-hetero) is 1. The molecule has 2 heterocycles. The van der Waals surface area contributed by atoms with Crippen LogP contribution in [-0.2, 0) is 9.59 Å². The molecule has 0 aromatic heterocycles. The molecule has 0 radical (unpaired) electrons. The van der Waals surface area contributed by atoms with Gasteiger partial charge in [0, 0.05) is 19.4 Å². The largest absolute Gasteiger partial charge is 0.465 e. The van der Waals surface area contributed by atoms with Crippen molar-refractivity contribution in [3.05, 3.63) is 0 Å². The van der Waals surface area contributed by atoms with Crippen molar-refractivity contribution in [1.82, 2.24) is 9.80 Å². The summed E-state index contributed by atoms with van der Waals surface area (Å²) in [7, 11) is 0. The SMILES string of the molecule is O=C1C[C@@H](C(=O)N2CCC(F)(F)C2)N(C(=O)O)C1. The van der Waals surface area contributed by atoms with Crippen molar-refractivity contribution in [3.8, 4) is 0 Å². The van der Waals surface area contributed by atoms with Crippen molar-refractivity contribution < 1.29 is 28.3 Å². The van der Waals surface area contributed by atoms with Gasteiger partial charge in [-0.05, 0) is 0 Å². The lowest BCUT2D eigenvalue weighted by Crippen LogP contribution is -2.47. The molecule has 0 saturated carbocycles. The summed E-state index contributed by atoms with van der Waals surface area (Å²) >= 11 is 0. The fourth-order valence-corrected chi connectivity index (χ4v) is 2.25. The number of carbonyl (C=O) groups is 3. The zero-order chi connectivity index (χ0) is 13.5. The van der Waals surface area contributed by atoms with Crippen LogP contribution in [0.2, 0.25) is 0 Å². The molecule has 2 saturated heterocycles. The summed E-state index contributed by atoms with van der Waals surface area (Å²) in [4.78, 5) is 35.6. The number of likely N-dealkylation sites (tertiary alicyclic amines) is 2. The zero-order valence-corrected chi connectivity index (χ0v) is 9.44. The molecule has 2 rings (SSSR count). The second-order valence-corrected chi connectivity index (χ2v) is 4.53. The first-order chi connectivity index (χ1) is 8.30. The van der Waals surface area contributed by atoms with Gasteiger partial charge in [0.15, 0.2) is 5.78 Å². The third-order valence-electron chi connectivity index (χ3n) is 3.16. The van der Waals surface area contributed by atoms with E-state index in [1.165, 1.54) is 0 Å². The van der Waals surface area contributed by atoms with Crippen molar-refractivity contribution in [2.45, 2.75) is 24.8 Å². The van der Waals surface area contributed by atoms with E-state index in [-0.39, 0.29) is 25.3 Å². The maximum absolute atomic E-state index is 13.0. The van der Waals surface area contributed by atoms with Crippen molar-refractivity contribution in [2.24, 2.45) is 0 Å². The molecule has 0 aromatic rings. The molecule has 2 amide bonds. The number of carboxylic acid groups (broad SMARTS) is 1. The van der Waals surface area contributed by atoms with Crippen LogP contribution < -0.4 is 0 Å². The van der Waals surface area contributed by atoms with Crippen LogP contribution >= 0.6 is 0 Å². The highest BCUT2D eigenvalue weighted by atomic mass is 19.3. The van der Waals surface area contributed by atoms with E-state index < -0.39 is 36.9 Å². The highest BCUT2D eigenvalue weighted by Crippen LogP contribution is 2.28. The van der Waals surface area contributed by atoms with Crippen LogP contribution in [0.4, 0.5) is 13.6 Å². The Kier molecular flexibility index (Phi) is 2.95. The van der Waals surface area contributed by atoms with Gasteiger partial charge in [-0.1, -0.05) is 0 Å². The lowest BCUT2D eigenvalue weighted by atomic mass is 10.2. The van der Waals surface area contributed by atoms with Crippen LogP contribution in [-0.4, -0.2) is 64.3 Å². The topological polar surface area (TPSA) is 77.9 Å². The monoisotopic (exact) mass is 262 g/mol. The molecule has 0 unspecified atom stereocenters. The highest BCUT2D eigenvalue weighted by molar-refractivity contribution is 5.97. The summed E-state index contributed by atoms with van der Waals surface area (Å²) in [5.74, 6) is -4.01. The van der Waals surface area contributed by atoms with Crippen molar-refractivity contribution in [2.75, 3.05) is 19.6 Å². The summed E-state index contributed by atoms with van der Waals surface area (Å²) in [6.45, 7) is -1.16. The molecule has 1 N–H and O–H groups in total. The Morgan fingerprint density at radius 2 is 2.06 bits per heavy atom. The molecule has 0 bridgehead atoms. The van der Waals surface area contributed by atoms with Gasteiger partial charge in [-0.2, -0.15) is 0 Å². The number of halogens is 2. The van der Waals surface area contributed by atoms with Crippen LogP contribution in [0.5, 0.6) is 0 Å². The standard InChI is InChI=1S/C10H12F2N2O4/c11-10(12)1-2-13(5-10)8(16)7-3-6(15)4-14(7)9(17)18/h7H,1-5H2,(H,17,18)/t7-/m0/s1. The number of carbonyl (C=O) groups excluding carboxylic acids is 2. The molecule has 100 valence electrons. The third kappa shape index (κ3) is 2.27. The van der Waals surface area contributed by atoms with E-state index >= 15 is 0 Å². The number of rotatable bonds is 1. The minimum absolute atomic E-state index is 0.107. The molecular formula is C10H12F2N2O4. The first-order valence-electron chi connectivity index (χ1n) is 5.48. The van der Waals surface area contributed by atoms with Gasteiger partial charge in [0.1, 0.15) is 6.04 Å². The molecule has 0 aromatic carbocycles. The highest BCUT2D eigenvalue weighted by Gasteiger charge is 2.46. The molecular weight excluding hydrogens is 250 g/mol. The van der Waals surface area contributed by atoms with Crippen LogP contribution in [0.25, 0.3) is 0 Å². The predicted molar refractivity (Wildman–Crippen MR) is 54.3 cm³/mol. The molecule has 0 aliphatic carbocycles. The average molecular weight is 262 g/mol. The first-order valence-corrected chi connectivity index (χ1v) is 5.48. The van der Waals surface area contributed by atoms with E-state index in [0.717, 1.165) is 4.90 Å². The van der Waals surface area contributed by atoms with E-state index in [4.69, 9.17) is 5.11 Å². The maximum atomic E-state index is 13.0. The molecule has 0 spiro atoms. The zero-order valence-electron chi connectivity index (χ0n) is 9.44. The third-order valence-corrected chi connectivity index (χ3v) is 3.16. The van der Waals surface area contributed by atoms with Gasteiger partial charge in [-0.15, -0.1) is 0 Å². The number of hydrogen-bond acceptors (Lipinski definition) is 3. The van der Waals surface area contributed by atoms with E-state index in [0.29, 0.717) is 4.90 Å². The Labute approximate surface area is 101 Å². The Morgan fingerprint density at radius 1 is 1.39 bits per heavy atom. The molecule has 2 aliphatic rings. The van der Waals surface area contributed by atoms with Crippen LogP contribution in [0.15, 0.2) is 0 Å². The Balaban J connectivity index is 2.09. The molecule has 2 fully saturated rings. The van der Waals surface area contributed by atoms with Crippen LogP contribution in [0.3, 0.4) is 0 Å². The van der Waals surface area contributed by atoms with Crippen molar-refractivity contribution >= 4 is 17.8 Å². The van der Waals surface area contributed by atoms with Crippen molar-refractivity contribution in [1.29, 1.82) is 0 Å². The molecule has 2 aliphatic heterocycles. The Bertz CT molecular complexity index is 413. The van der Waals surface area contributed by atoms with Crippen LogP contribution in [0.1, 0.15) is 12.8 Å². The van der Waals surface area contributed by atoms with Gasteiger partial charge in [-0.25, -0.2) is 13.6 Å². The van der Waals surface area contributed by atoms with E-state index in [1.54, 1.807) is 0 Å². The van der Waals surface area contributed by atoms with Gasteiger partial charge >= 0.3 is 6.09 Å². The van der Waals surface area contributed by atoms with Crippen molar-refractivity contribution in [3.63, 3.8) is 0 Å². The van der Waals surface area contributed by atoms with Gasteiger partial charge in [0.05, 0.1) is 13.1 Å². The Hall–Kier alpha value is -1.73. The van der Waals surface area contributed by atoms with Gasteiger partial charge in [0.25, 0.3) is 5.92 Å². The second kappa shape index (κ2) is 4.18. The number of amides is 2. The lowest BCUT2D eigenvalue weighted by Gasteiger charge is -2.24. The normalized spacial score (nSPS) is 26.8. The van der Waals surface area contributed by atoms with Gasteiger partial charge < -0.3 is 10.0 Å². The van der Waals surface area contributed by atoms with Gasteiger partial charge in [-0.3, -0.25) is 14.5 Å². The van der Waals surface area contributed by atoms with Crippen LogP contribution in [0, 0.1) is 0 Å². The molecule has 6 nitrogen and oxygen atoms in total. The maximum Gasteiger partial charge on any atom is 0.408 e. The minimum atomic E-state index is -2.92. The number of nitrogens with zero attached hydrogens (tertiary/aromatic N) is 2. The summed E-state index contributed by atoms with van der Waals surface area (Å²) in [5.41, 5.74) is 0. The Morgan fingerprint density at radius 3 is 2.56 bits per heavy atom. The van der Waals surface area contributed by atoms with E-state index in [2.05, 4.69) is 0 Å². The summed E-state index contributed by atoms with van der Waals surface area (Å²) in [6.07, 6.45) is -2.04. The number of alkyl halides is 2. The van der Waals surface area contributed by atoms with Gasteiger partial charge in [0.2, 0.25) is 5.91 Å². The predicted octanol–water partition coefficient (Wildman–Crippen LogP) is 0.175. The fourth-order valence-electron chi connectivity index (χ4n) is 2.25. The summed E-state index contributed by atoms with van der Waals surface area (Å²) < 4.78 is 26.0. The second-order valence-electron chi connectivity index (χ2n) is 4.53. The molecule has 1 atom stereocenters. The molecule has 18 heavy (non-hydrogen) atoms. The van der Waals surface area contributed by atoms with E-state index in [1.807, 2.05) is 0 Å². The summed E-state index contributed by atoms with van der Waals surface area (Å²) in [6, 6.07) is -1.15. The lowest BCUT2D eigenvalue weighted by molar-refractivity contribution is -0.136. The number of ketones is 1. The first kappa shape index (κ1) is 12.7. The summed E-state index contributed by atoms with van der Waals surface area (Å²) in [5, 5.41) is 8.85. The quantitative estimate of drug-likeness (QED) is 0.731.